The number of halogens is 1. The van der Waals surface area contributed by atoms with Crippen LogP contribution >= 0.6 is 0 Å². The van der Waals surface area contributed by atoms with E-state index in [-0.39, 0.29) is 5.82 Å². The zero-order chi connectivity index (χ0) is 13.4. The summed E-state index contributed by atoms with van der Waals surface area (Å²) in [7, 11) is 0. The van der Waals surface area contributed by atoms with E-state index in [0.717, 1.165) is 25.0 Å². The number of fused-ring (bicyclic) bond motifs is 1. The third-order valence-electron chi connectivity index (χ3n) is 4.11. The maximum atomic E-state index is 13.7. The predicted molar refractivity (Wildman–Crippen MR) is 74.7 cm³/mol. The number of likely N-dealkylation sites (tertiary alicyclic amines) is 1. The van der Waals surface area contributed by atoms with Crippen molar-refractivity contribution in [1.29, 1.82) is 0 Å². The summed E-state index contributed by atoms with van der Waals surface area (Å²) in [6.45, 7) is 6.65. The molecule has 0 saturated carbocycles. The Bertz CT molecular complexity index is 576. The van der Waals surface area contributed by atoms with E-state index in [4.69, 9.17) is 0 Å². The van der Waals surface area contributed by atoms with Crippen molar-refractivity contribution in [3.05, 3.63) is 30.3 Å². The highest BCUT2D eigenvalue weighted by Gasteiger charge is 2.24. The second-order valence-electron chi connectivity index (χ2n) is 5.64. The largest absolute Gasteiger partial charge is 0.326 e. The van der Waals surface area contributed by atoms with E-state index >= 15 is 0 Å². The van der Waals surface area contributed by atoms with Crippen LogP contribution in [-0.2, 0) is 0 Å². The highest BCUT2D eigenvalue weighted by Crippen LogP contribution is 2.27. The summed E-state index contributed by atoms with van der Waals surface area (Å²) in [6, 6.07) is 6.16. The molecule has 1 aliphatic heterocycles. The van der Waals surface area contributed by atoms with Crippen LogP contribution in [0.2, 0.25) is 0 Å². The molecule has 2 aromatic rings. The van der Waals surface area contributed by atoms with Crippen molar-refractivity contribution >= 4 is 11.0 Å². The lowest BCUT2D eigenvalue weighted by Crippen LogP contribution is -2.40. The minimum atomic E-state index is -0.229. The van der Waals surface area contributed by atoms with Crippen LogP contribution in [0.25, 0.3) is 11.0 Å². The number of hydrogen-bond acceptors (Lipinski definition) is 2. The van der Waals surface area contributed by atoms with Crippen LogP contribution in [-0.4, -0.2) is 33.6 Å². The van der Waals surface area contributed by atoms with Gasteiger partial charge in [0.1, 0.15) is 5.52 Å². The molecule has 0 spiro atoms. The number of para-hydroxylation sites is 1. The minimum absolute atomic E-state index is 0.229. The molecule has 1 saturated heterocycles. The SMILES string of the molecule is CC(C)N1CCCC(n2cnc3c(F)cccc32)C1. The van der Waals surface area contributed by atoms with E-state index < -0.39 is 0 Å². The Labute approximate surface area is 113 Å². The average Bonchev–Trinajstić information content (AvgIpc) is 2.84. The summed E-state index contributed by atoms with van der Waals surface area (Å²) in [5.41, 5.74) is 1.40. The van der Waals surface area contributed by atoms with Crippen molar-refractivity contribution in [2.24, 2.45) is 0 Å². The summed E-state index contributed by atoms with van der Waals surface area (Å²) >= 11 is 0. The lowest BCUT2D eigenvalue weighted by molar-refractivity contribution is 0.144. The number of nitrogens with zero attached hydrogens (tertiary/aromatic N) is 3. The molecule has 1 fully saturated rings. The molecule has 0 N–H and O–H groups in total. The number of imidazole rings is 1. The van der Waals surface area contributed by atoms with Crippen molar-refractivity contribution in [3.8, 4) is 0 Å². The average molecular weight is 261 g/mol. The van der Waals surface area contributed by atoms with Gasteiger partial charge in [0.15, 0.2) is 5.82 Å². The van der Waals surface area contributed by atoms with Crippen molar-refractivity contribution in [3.63, 3.8) is 0 Å². The number of benzene rings is 1. The number of aromatic nitrogens is 2. The van der Waals surface area contributed by atoms with Gasteiger partial charge in [-0.3, -0.25) is 4.90 Å². The van der Waals surface area contributed by atoms with Crippen LogP contribution in [0, 0.1) is 5.82 Å². The fourth-order valence-corrected chi connectivity index (χ4v) is 2.99. The quantitative estimate of drug-likeness (QED) is 0.827. The smallest absolute Gasteiger partial charge is 0.151 e. The molecule has 4 heteroatoms. The number of piperidine rings is 1. The molecule has 19 heavy (non-hydrogen) atoms. The summed E-state index contributed by atoms with van der Waals surface area (Å²) < 4.78 is 15.8. The molecule has 1 aliphatic rings. The van der Waals surface area contributed by atoms with Crippen molar-refractivity contribution in [2.45, 2.75) is 38.8 Å². The van der Waals surface area contributed by atoms with Crippen molar-refractivity contribution in [2.75, 3.05) is 13.1 Å². The van der Waals surface area contributed by atoms with Crippen molar-refractivity contribution < 1.29 is 4.39 Å². The molecule has 102 valence electrons. The fraction of sp³-hybridized carbons (Fsp3) is 0.533. The Morgan fingerprint density at radius 3 is 3.00 bits per heavy atom. The highest BCUT2D eigenvalue weighted by molar-refractivity contribution is 5.75. The van der Waals surface area contributed by atoms with Gasteiger partial charge in [0.2, 0.25) is 0 Å². The molecule has 0 amide bonds. The van der Waals surface area contributed by atoms with Crippen LogP contribution in [0.15, 0.2) is 24.5 Å². The molecule has 2 heterocycles. The molecule has 1 aromatic heterocycles. The molecule has 3 rings (SSSR count). The van der Waals surface area contributed by atoms with Gasteiger partial charge in [-0.15, -0.1) is 0 Å². The monoisotopic (exact) mass is 261 g/mol. The third-order valence-corrected chi connectivity index (χ3v) is 4.11. The van der Waals surface area contributed by atoms with Gasteiger partial charge in [0.05, 0.1) is 11.8 Å². The maximum Gasteiger partial charge on any atom is 0.151 e. The van der Waals surface area contributed by atoms with Gasteiger partial charge < -0.3 is 4.57 Å². The first-order valence-electron chi connectivity index (χ1n) is 7.02. The van der Waals surface area contributed by atoms with Crippen molar-refractivity contribution in [1.82, 2.24) is 14.5 Å². The first-order valence-corrected chi connectivity index (χ1v) is 7.02. The molecule has 1 atom stereocenters. The lowest BCUT2D eigenvalue weighted by Gasteiger charge is -2.36. The topological polar surface area (TPSA) is 21.1 Å². The molecule has 1 aromatic carbocycles. The zero-order valence-electron chi connectivity index (χ0n) is 11.5. The Morgan fingerprint density at radius 2 is 2.21 bits per heavy atom. The van der Waals surface area contributed by atoms with Crippen LogP contribution in [0.5, 0.6) is 0 Å². The summed E-state index contributed by atoms with van der Waals surface area (Å²) in [5, 5.41) is 0. The van der Waals surface area contributed by atoms with Gasteiger partial charge in [0.25, 0.3) is 0 Å². The second kappa shape index (κ2) is 4.93. The van der Waals surface area contributed by atoms with E-state index in [1.165, 1.54) is 12.5 Å². The first-order chi connectivity index (χ1) is 9.16. The Balaban J connectivity index is 1.94. The van der Waals surface area contributed by atoms with Gasteiger partial charge in [-0.25, -0.2) is 9.37 Å². The van der Waals surface area contributed by atoms with E-state index in [1.807, 2.05) is 6.07 Å². The standard InChI is InChI=1S/C15H20FN3/c1-11(2)18-8-4-5-12(9-18)19-10-17-15-13(16)6-3-7-14(15)19/h3,6-7,10-12H,4-5,8-9H2,1-2H3. The second-order valence-corrected chi connectivity index (χ2v) is 5.64. The minimum Gasteiger partial charge on any atom is -0.326 e. The lowest BCUT2D eigenvalue weighted by atomic mass is 10.0. The summed E-state index contributed by atoms with van der Waals surface area (Å²) in [5.74, 6) is -0.229. The summed E-state index contributed by atoms with van der Waals surface area (Å²) in [4.78, 5) is 6.72. The van der Waals surface area contributed by atoms with Crippen LogP contribution in [0.4, 0.5) is 4.39 Å². The maximum absolute atomic E-state index is 13.7. The van der Waals surface area contributed by atoms with Gasteiger partial charge >= 0.3 is 0 Å². The van der Waals surface area contributed by atoms with E-state index in [9.17, 15) is 4.39 Å². The third kappa shape index (κ3) is 2.25. The van der Waals surface area contributed by atoms with Gasteiger partial charge in [-0.2, -0.15) is 0 Å². The van der Waals surface area contributed by atoms with E-state index in [2.05, 4.69) is 28.3 Å². The molecular formula is C15H20FN3. The first kappa shape index (κ1) is 12.6. The molecular weight excluding hydrogens is 241 g/mol. The number of rotatable bonds is 2. The predicted octanol–water partition coefficient (Wildman–Crippen LogP) is 3.22. The molecule has 0 radical (unpaired) electrons. The molecule has 1 unspecified atom stereocenters. The van der Waals surface area contributed by atoms with E-state index in [0.29, 0.717) is 17.6 Å². The molecule has 0 aliphatic carbocycles. The fourth-order valence-electron chi connectivity index (χ4n) is 2.99. The van der Waals surface area contributed by atoms with Crippen LogP contribution < -0.4 is 0 Å². The van der Waals surface area contributed by atoms with E-state index in [1.54, 1.807) is 12.4 Å². The van der Waals surface area contributed by atoms with Gasteiger partial charge in [-0.1, -0.05) is 6.07 Å². The number of hydrogen-bond donors (Lipinski definition) is 0. The highest BCUT2D eigenvalue weighted by atomic mass is 19.1. The Hall–Kier alpha value is -1.42. The zero-order valence-corrected chi connectivity index (χ0v) is 11.5. The van der Waals surface area contributed by atoms with Crippen LogP contribution in [0.3, 0.4) is 0 Å². The van der Waals surface area contributed by atoms with Crippen LogP contribution in [0.1, 0.15) is 32.7 Å². The normalized spacial score (nSPS) is 21.4. The molecule has 0 bridgehead atoms. The molecule has 3 nitrogen and oxygen atoms in total. The van der Waals surface area contributed by atoms with Gasteiger partial charge in [0, 0.05) is 18.6 Å². The summed E-state index contributed by atoms with van der Waals surface area (Å²) in [6.07, 6.45) is 4.13. The Kier molecular flexibility index (Phi) is 3.27. The van der Waals surface area contributed by atoms with Gasteiger partial charge in [-0.05, 0) is 45.4 Å². The Morgan fingerprint density at radius 1 is 1.37 bits per heavy atom.